The average Bonchev–Trinajstić information content (AvgIpc) is 3.23. The number of likely N-dealkylation sites (tertiary alicyclic amines) is 1. The summed E-state index contributed by atoms with van der Waals surface area (Å²) in [6.45, 7) is 2.02. The number of aryl methyl sites for hydroxylation is 1. The number of benzene rings is 1. The zero-order chi connectivity index (χ0) is 19.7. The van der Waals surface area contributed by atoms with Gasteiger partial charge < -0.3 is 0 Å². The summed E-state index contributed by atoms with van der Waals surface area (Å²) in [6.07, 6.45) is 3.66. The van der Waals surface area contributed by atoms with Crippen molar-refractivity contribution in [1.29, 1.82) is 0 Å². The molecule has 1 aromatic carbocycles. The highest BCUT2D eigenvalue weighted by Crippen LogP contribution is 2.38. The Morgan fingerprint density at radius 2 is 1.79 bits per heavy atom. The summed E-state index contributed by atoms with van der Waals surface area (Å²) in [5, 5.41) is 2.50. The molecule has 6 nitrogen and oxygen atoms in total. The maximum absolute atomic E-state index is 13.1. The van der Waals surface area contributed by atoms with Crippen molar-refractivity contribution in [2.24, 2.45) is 11.8 Å². The molecule has 146 valence electrons. The number of fused-ring (bicyclic) bond motifs is 1. The van der Waals surface area contributed by atoms with Gasteiger partial charge in [-0.25, -0.2) is 4.98 Å². The fourth-order valence-corrected chi connectivity index (χ4v) is 4.99. The molecule has 1 saturated carbocycles. The van der Waals surface area contributed by atoms with E-state index in [2.05, 4.69) is 4.98 Å². The van der Waals surface area contributed by atoms with Crippen molar-refractivity contribution in [2.45, 2.75) is 39.0 Å². The lowest BCUT2D eigenvalue weighted by Crippen LogP contribution is -2.36. The van der Waals surface area contributed by atoms with Gasteiger partial charge in [-0.05, 0) is 31.9 Å². The number of hydrogen-bond acceptors (Lipinski definition) is 5. The van der Waals surface area contributed by atoms with Crippen LogP contribution in [0.3, 0.4) is 0 Å². The Labute approximate surface area is 168 Å². The molecule has 2 atom stereocenters. The van der Waals surface area contributed by atoms with Gasteiger partial charge in [-0.15, -0.1) is 11.3 Å². The number of carbonyl (C=O) groups excluding carboxylic acids is 3. The lowest BCUT2D eigenvalue weighted by atomic mass is 9.81. The largest absolute Gasteiger partial charge is 0.282 e. The third kappa shape index (κ3) is 3.46. The first-order valence-corrected chi connectivity index (χ1v) is 10.6. The molecule has 2 aromatic rings. The monoisotopic (exact) mass is 397 g/mol. The van der Waals surface area contributed by atoms with Gasteiger partial charge in [0.2, 0.25) is 17.7 Å². The summed E-state index contributed by atoms with van der Waals surface area (Å²) in [5.41, 5.74) is 1.58. The van der Waals surface area contributed by atoms with Crippen LogP contribution in [0.15, 0.2) is 35.7 Å². The van der Waals surface area contributed by atoms with Gasteiger partial charge in [-0.3, -0.25) is 24.2 Å². The zero-order valence-corrected chi connectivity index (χ0v) is 16.7. The van der Waals surface area contributed by atoms with E-state index in [9.17, 15) is 14.4 Å². The third-order valence-corrected chi connectivity index (χ3v) is 6.49. The number of carbonyl (C=O) groups is 3. The fraction of sp³-hybridized carbons (Fsp3) is 0.429. The number of amides is 3. The Morgan fingerprint density at radius 3 is 2.36 bits per heavy atom. The SMILES string of the molecule is Cc1csc(N(C(=O)CCN2C(=O)[C@H]3CCCC[C@H]3C2=O)c2ccccc2)n1. The van der Waals surface area contributed by atoms with Gasteiger partial charge in [0.15, 0.2) is 5.13 Å². The number of aromatic nitrogens is 1. The topological polar surface area (TPSA) is 70.6 Å². The van der Waals surface area contributed by atoms with Gasteiger partial charge in [0.05, 0.1) is 23.2 Å². The van der Waals surface area contributed by atoms with Crippen LogP contribution in [0.5, 0.6) is 0 Å². The van der Waals surface area contributed by atoms with Crippen LogP contribution in [0, 0.1) is 18.8 Å². The first-order valence-electron chi connectivity index (χ1n) is 9.71. The fourth-order valence-electron chi connectivity index (χ4n) is 4.15. The zero-order valence-electron chi connectivity index (χ0n) is 15.8. The van der Waals surface area contributed by atoms with Gasteiger partial charge in [0.25, 0.3) is 0 Å². The highest BCUT2D eigenvalue weighted by Gasteiger charge is 2.47. The van der Waals surface area contributed by atoms with Crippen molar-refractivity contribution < 1.29 is 14.4 Å². The Kier molecular flexibility index (Phi) is 5.26. The van der Waals surface area contributed by atoms with E-state index in [0.29, 0.717) is 5.13 Å². The van der Waals surface area contributed by atoms with Crippen LogP contribution < -0.4 is 4.90 Å². The van der Waals surface area contributed by atoms with E-state index >= 15 is 0 Å². The van der Waals surface area contributed by atoms with Crippen molar-refractivity contribution >= 4 is 39.9 Å². The number of anilines is 2. The predicted octanol–water partition coefficient (Wildman–Crippen LogP) is 3.68. The molecule has 0 N–H and O–H groups in total. The second kappa shape index (κ2) is 7.83. The van der Waals surface area contributed by atoms with E-state index in [0.717, 1.165) is 37.1 Å². The summed E-state index contributed by atoms with van der Waals surface area (Å²) < 4.78 is 0. The van der Waals surface area contributed by atoms with E-state index in [1.54, 1.807) is 4.90 Å². The van der Waals surface area contributed by atoms with Gasteiger partial charge in [0, 0.05) is 18.3 Å². The minimum absolute atomic E-state index is 0.0877. The molecule has 4 rings (SSSR count). The smallest absolute Gasteiger partial charge is 0.235 e. The van der Waals surface area contributed by atoms with Crippen LogP contribution in [0.25, 0.3) is 0 Å². The highest BCUT2D eigenvalue weighted by molar-refractivity contribution is 7.14. The summed E-state index contributed by atoms with van der Waals surface area (Å²) in [7, 11) is 0. The van der Waals surface area contributed by atoms with E-state index in [1.165, 1.54) is 16.2 Å². The van der Waals surface area contributed by atoms with Crippen molar-refractivity contribution in [2.75, 3.05) is 11.4 Å². The first kappa shape index (κ1) is 18.8. The van der Waals surface area contributed by atoms with Crippen LogP contribution in [-0.4, -0.2) is 34.2 Å². The molecule has 0 radical (unpaired) electrons. The second-order valence-corrected chi connectivity index (χ2v) is 8.25. The maximum atomic E-state index is 13.1. The molecule has 2 heterocycles. The molecule has 28 heavy (non-hydrogen) atoms. The average molecular weight is 398 g/mol. The van der Waals surface area contributed by atoms with E-state index in [4.69, 9.17) is 0 Å². The third-order valence-electron chi connectivity index (χ3n) is 5.54. The highest BCUT2D eigenvalue weighted by atomic mass is 32.1. The minimum atomic E-state index is -0.178. The summed E-state index contributed by atoms with van der Waals surface area (Å²) in [5.74, 6) is -0.722. The maximum Gasteiger partial charge on any atom is 0.235 e. The minimum Gasteiger partial charge on any atom is -0.282 e. The summed E-state index contributed by atoms with van der Waals surface area (Å²) in [6, 6.07) is 9.34. The number of para-hydroxylation sites is 1. The number of thiazole rings is 1. The van der Waals surface area contributed by atoms with Crippen molar-refractivity contribution in [3.63, 3.8) is 0 Å². The van der Waals surface area contributed by atoms with Crippen molar-refractivity contribution in [3.05, 3.63) is 41.4 Å². The van der Waals surface area contributed by atoms with Gasteiger partial charge in [-0.1, -0.05) is 31.0 Å². The Balaban J connectivity index is 1.51. The second-order valence-electron chi connectivity index (χ2n) is 7.41. The van der Waals surface area contributed by atoms with Crippen molar-refractivity contribution in [3.8, 4) is 0 Å². The van der Waals surface area contributed by atoms with E-state index in [-0.39, 0.29) is 42.5 Å². The first-order chi connectivity index (χ1) is 13.6. The Bertz CT molecular complexity index is 871. The molecule has 2 fully saturated rings. The number of imide groups is 1. The van der Waals surface area contributed by atoms with Crippen LogP contribution in [-0.2, 0) is 14.4 Å². The quantitative estimate of drug-likeness (QED) is 0.722. The lowest BCUT2D eigenvalue weighted by Gasteiger charge is -2.21. The normalized spacial score (nSPS) is 21.7. The molecule has 0 unspecified atom stereocenters. The Morgan fingerprint density at radius 1 is 1.14 bits per heavy atom. The number of rotatable bonds is 5. The molecule has 0 spiro atoms. The van der Waals surface area contributed by atoms with Gasteiger partial charge >= 0.3 is 0 Å². The molecule has 3 amide bonds. The van der Waals surface area contributed by atoms with Crippen molar-refractivity contribution in [1.82, 2.24) is 9.88 Å². The van der Waals surface area contributed by atoms with E-state index in [1.807, 2.05) is 42.6 Å². The summed E-state index contributed by atoms with van der Waals surface area (Å²) in [4.78, 5) is 45.7. The van der Waals surface area contributed by atoms with Crippen LogP contribution >= 0.6 is 11.3 Å². The number of hydrogen-bond donors (Lipinski definition) is 0. The molecular formula is C21H23N3O3S. The van der Waals surface area contributed by atoms with Gasteiger partial charge in [-0.2, -0.15) is 0 Å². The van der Waals surface area contributed by atoms with Crippen LogP contribution in [0.4, 0.5) is 10.8 Å². The molecule has 1 aliphatic carbocycles. The molecular weight excluding hydrogens is 374 g/mol. The standard InChI is InChI=1S/C21H23N3O3S/c1-14-13-28-21(22-14)24(15-7-3-2-4-8-15)18(25)11-12-23-19(26)16-9-5-6-10-17(16)20(23)27/h2-4,7-8,13,16-17H,5-6,9-12H2,1H3/t16-,17+. The molecule has 0 bridgehead atoms. The summed E-state index contributed by atoms with van der Waals surface area (Å²) >= 11 is 1.40. The molecule has 2 aliphatic rings. The molecule has 1 aliphatic heterocycles. The molecule has 1 aromatic heterocycles. The van der Waals surface area contributed by atoms with Crippen LogP contribution in [0.1, 0.15) is 37.8 Å². The Hall–Kier alpha value is -2.54. The molecule has 7 heteroatoms. The number of nitrogens with zero attached hydrogens (tertiary/aromatic N) is 3. The van der Waals surface area contributed by atoms with E-state index < -0.39 is 0 Å². The predicted molar refractivity (Wildman–Crippen MR) is 107 cm³/mol. The lowest BCUT2D eigenvalue weighted by molar-refractivity contribution is -0.140. The van der Waals surface area contributed by atoms with Gasteiger partial charge in [0.1, 0.15) is 0 Å². The molecule has 1 saturated heterocycles. The van der Waals surface area contributed by atoms with Crippen LogP contribution in [0.2, 0.25) is 0 Å².